The molecule has 35 heavy (non-hydrogen) atoms. The van der Waals surface area contributed by atoms with Crippen molar-refractivity contribution in [2.45, 2.75) is 32.2 Å². The van der Waals surface area contributed by atoms with Gasteiger partial charge in [-0.15, -0.1) is 0 Å². The molecular weight excluding hydrogens is 444 g/mol. The van der Waals surface area contributed by atoms with Crippen molar-refractivity contribution >= 4 is 17.3 Å². The van der Waals surface area contributed by atoms with Crippen LogP contribution in [0.15, 0.2) is 42.9 Å². The number of ether oxygens (including phenoxy) is 2. The Bertz CT molecular complexity index is 1330. The normalized spacial score (nSPS) is 23.7. The van der Waals surface area contributed by atoms with Gasteiger partial charge in [0, 0.05) is 73.2 Å². The van der Waals surface area contributed by atoms with Gasteiger partial charge in [0.15, 0.2) is 0 Å². The van der Waals surface area contributed by atoms with Crippen LogP contribution in [0.2, 0.25) is 0 Å². The summed E-state index contributed by atoms with van der Waals surface area (Å²) in [4.78, 5) is 20.6. The van der Waals surface area contributed by atoms with E-state index in [4.69, 9.17) is 16.6 Å². The zero-order valence-electron chi connectivity index (χ0n) is 24.9. The van der Waals surface area contributed by atoms with Crippen LogP contribution in [0.25, 0.3) is 16.8 Å². The van der Waals surface area contributed by atoms with Crippen molar-refractivity contribution in [1.29, 1.82) is 0 Å². The molecule has 5 heterocycles. The standard InChI is InChI=1S/C26H34N6O3/c1-3-34-25(33)31-14-12-30(13-15-31)23-8-11-29-32-18-20(16-24(23)32)22-7-6-21(17-28-22)26(35-4-2)9-5-10-27-19-26/h6-8,11,16-18,27H,3-5,9-10,12-15,19H2,1-2H3/t26-/m0/s1/i1D3,3D2. The quantitative estimate of drug-likeness (QED) is 0.576. The third-order valence-electron chi connectivity index (χ3n) is 6.85. The Morgan fingerprint density at radius 2 is 2.17 bits per heavy atom. The van der Waals surface area contributed by atoms with E-state index < -0.39 is 19.5 Å². The van der Waals surface area contributed by atoms with E-state index in [1.807, 2.05) is 37.5 Å². The van der Waals surface area contributed by atoms with Crippen LogP contribution in [0, 0.1) is 0 Å². The predicted octanol–water partition coefficient (Wildman–Crippen LogP) is 3.29. The summed E-state index contributed by atoms with van der Waals surface area (Å²) in [7, 11) is 0. The summed E-state index contributed by atoms with van der Waals surface area (Å²) < 4.78 is 49.5. The van der Waals surface area contributed by atoms with Gasteiger partial charge in [0.25, 0.3) is 0 Å². The summed E-state index contributed by atoms with van der Waals surface area (Å²) in [6.45, 7) is -0.252. The van der Waals surface area contributed by atoms with Crippen LogP contribution in [0.3, 0.4) is 0 Å². The van der Waals surface area contributed by atoms with Crippen LogP contribution in [-0.4, -0.2) is 78.0 Å². The molecule has 3 aromatic heterocycles. The lowest BCUT2D eigenvalue weighted by Crippen LogP contribution is -2.49. The maximum atomic E-state index is 12.4. The van der Waals surface area contributed by atoms with Crippen LogP contribution >= 0.6 is 0 Å². The maximum Gasteiger partial charge on any atom is 0.409 e. The number of carbonyl (C=O) groups is 1. The van der Waals surface area contributed by atoms with Crippen LogP contribution in [-0.2, 0) is 15.1 Å². The van der Waals surface area contributed by atoms with E-state index in [9.17, 15) is 4.79 Å². The average Bonchev–Trinajstić information content (AvgIpc) is 3.38. The molecule has 9 nitrogen and oxygen atoms in total. The third-order valence-corrected chi connectivity index (χ3v) is 6.85. The van der Waals surface area contributed by atoms with Gasteiger partial charge in [-0.25, -0.2) is 9.31 Å². The summed E-state index contributed by atoms with van der Waals surface area (Å²) in [5.74, 6) is 0. The lowest BCUT2D eigenvalue weighted by atomic mass is 9.87. The fourth-order valence-corrected chi connectivity index (χ4v) is 5.09. The smallest absolute Gasteiger partial charge is 0.409 e. The first-order valence-electron chi connectivity index (χ1n) is 14.5. The largest absolute Gasteiger partial charge is 0.450 e. The number of rotatable bonds is 6. The first-order chi connectivity index (χ1) is 19.0. The zero-order valence-corrected chi connectivity index (χ0v) is 19.9. The lowest BCUT2D eigenvalue weighted by Gasteiger charge is -2.37. The van der Waals surface area contributed by atoms with E-state index in [-0.39, 0.29) is 18.7 Å². The average molecular weight is 484 g/mol. The van der Waals surface area contributed by atoms with E-state index in [2.05, 4.69) is 26.1 Å². The molecule has 0 radical (unpaired) electrons. The maximum absolute atomic E-state index is 12.4. The number of piperidine rings is 1. The fourth-order valence-electron chi connectivity index (χ4n) is 5.09. The summed E-state index contributed by atoms with van der Waals surface area (Å²) in [5, 5.41) is 7.92. The van der Waals surface area contributed by atoms with Crippen molar-refractivity contribution in [1.82, 2.24) is 24.8 Å². The van der Waals surface area contributed by atoms with E-state index in [0.29, 0.717) is 19.7 Å². The van der Waals surface area contributed by atoms with Crippen molar-refractivity contribution in [3.63, 3.8) is 0 Å². The van der Waals surface area contributed by atoms with Crippen LogP contribution in [0.1, 0.15) is 39.0 Å². The summed E-state index contributed by atoms with van der Waals surface area (Å²) in [5.41, 5.74) is 4.28. The molecule has 1 amide bonds. The topological polar surface area (TPSA) is 84.2 Å². The van der Waals surface area contributed by atoms with Crippen LogP contribution in [0.4, 0.5) is 10.5 Å². The van der Waals surface area contributed by atoms with Gasteiger partial charge in [-0.05, 0) is 51.4 Å². The highest BCUT2D eigenvalue weighted by molar-refractivity contribution is 5.79. The number of hydrogen-bond acceptors (Lipinski definition) is 7. The zero-order chi connectivity index (χ0) is 28.5. The molecule has 2 aliphatic heterocycles. The van der Waals surface area contributed by atoms with E-state index in [1.54, 1.807) is 10.7 Å². The SMILES string of the molecule is [2H]C([2H])([2H])C([2H])([2H])OC(=O)N1CCN(c2ccnn3cc(-c4ccc([C@]5(OCC)CCCNC5)cn4)cc23)CC1. The Morgan fingerprint density at radius 1 is 1.29 bits per heavy atom. The molecule has 0 bridgehead atoms. The molecule has 0 aromatic carbocycles. The third kappa shape index (κ3) is 4.70. The van der Waals surface area contributed by atoms with Gasteiger partial charge in [0.1, 0.15) is 5.60 Å². The molecule has 0 aliphatic carbocycles. The molecule has 2 saturated heterocycles. The molecule has 0 spiro atoms. The van der Waals surface area contributed by atoms with Gasteiger partial charge >= 0.3 is 6.09 Å². The van der Waals surface area contributed by atoms with Gasteiger partial charge in [-0.2, -0.15) is 5.10 Å². The van der Waals surface area contributed by atoms with E-state index in [1.165, 1.54) is 4.90 Å². The van der Waals surface area contributed by atoms with Crippen molar-refractivity contribution in [2.24, 2.45) is 0 Å². The molecule has 0 unspecified atom stereocenters. The summed E-state index contributed by atoms with van der Waals surface area (Å²) >= 11 is 0. The number of pyridine rings is 1. The van der Waals surface area contributed by atoms with Gasteiger partial charge in [0.2, 0.25) is 0 Å². The van der Waals surface area contributed by atoms with Crippen molar-refractivity contribution < 1.29 is 21.1 Å². The van der Waals surface area contributed by atoms with Gasteiger partial charge in [0.05, 0.1) is 26.2 Å². The highest BCUT2D eigenvalue weighted by Gasteiger charge is 2.35. The molecule has 0 saturated carbocycles. The Labute approximate surface area is 213 Å². The number of amides is 1. The van der Waals surface area contributed by atoms with Crippen molar-refractivity contribution in [2.75, 3.05) is 57.3 Å². The number of carbonyl (C=O) groups excluding carboxylic acids is 1. The lowest BCUT2D eigenvalue weighted by molar-refractivity contribution is -0.0603. The molecule has 3 aromatic rings. The minimum atomic E-state index is -3.06. The first kappa shape index (κ1) is 18.1. The van der Waals surface area contributed by atoms with E-state index in [0.717, 1.165) is 54.0 Å². The molecular formula is C26H34N6O3. The Morgan fingerprint density at radius 3 is 2.89 bits per heavy atom. The minimum absolute atomic E-state index is 0.261. The highest BCUT2D eigenvalue weighted by Crippen LogP contribution is 2.34. The second kappa shape index (κ2) is 10.2. The number of piperazine rings is 1. The number of fused-ring (bicyclic) bond motifs is 1. The monoisotopic (exact) mass is 483 g/mol. The molecule has 1 N–H and O–H groups in total. The second-order valence-electron chi connectivity index (χ2n) is 8.86. The minimum Gasteiger partial charge on any atom is -0.450 e. The van der Waals surface area contributed by atoms with Crippen molar-refractivity contribution in [3.8, 4) is 11.3 Å². The summed E-state index contributed by atoms with van der Waals surface area (Å²) in [6.07, 6.45) is 6.59. The van der Waals surface area contributed by atoms with Crippen molar-refractivity contribution in [3.05, 3.63) is 48.4 Å². The molecule has 186 valence electrons. The highest BCUT2D eigenvalue weighted by atomic mass is 16.6. The van der Waals surface area contributed by atoms with Crippen LogP contribution in [0.5, 0.6) is 0 Å². The van der Waals surface area contributed by atoms with Gasteiger partial charge < -0.3 is 24.6 Å². The number of anilines is 1. The number of aromatic nitrogens is 3. The Balaban J connectivity index is 1.30. The number of nitrogens with zero attached hydrogens (tertiary/aromatic N) is 5. The Kier molecular flexibility index (Phi) is 5.30. The molecule has 5 rings (SSSR count). The molecule has 2 aliphatic rings. The second-order valence-corrected chi connectivity index (χ2v) is 8.86. The van der Waals surface area contributed by atoms with Crippen LogP contribution < -0.4 is 10.2 Å². The number of hydrogen-bond donors (Lipinski definition) is 1. The number of nitrogens with one attached hydrogen (secondary N) is 1. The van der Waals surface area contributed by atoms with E-state index >= 15 is 0 Å². The fraction of sp³-hybridized carbons (Fsp3) is 0.500. The predicted molar refractivity (Wildman–Crippen MR) is 135 cm³/mol. The van der Waals surface area contributed by atoms with Gasteiger partial charge in [-0.1, -0.05) is 6.07 Å². The molecule has 9 heteroatoms. The first-order valence-corrected chi connectivity index (χ1v) is 12.0. The summed E-state index contributed by atoms with van der Waals surface area (Å²) in [6, 6.07) is 8.06. The van der Waals surface area contributed by atoms with Gasteiger partial charge in [-0.3, -0.25) is 4.98 Å². The molecule has 2 fully saturated rings. The molecule has 1 atom stereocenters. The Hall–Kier alpha value is -3.17.